The molecule has 0 atom stereocenters. The van der Waals surface area contributed by atoms with E-state index in [1.54, 1.807) is 6.07 Å². The second-order valence-electron chi connectivity index (χ2n) is 2.90. The van der Waals surface area contributed by atoms with Gasteiger partial charge in [0.2, 0.25) is 0 Å². The first kappa shape index (κ1) is 11.0. The number of hydrogen-bond acceptors (Lipinski definition) is 4. The maximum Gasteiger partial charge on any atom is 0.181 e. The lowest BCUT2D eigenvalue weighted by Crippen LogP contribution is -2.06. The van der Waals surface area contributed by atoms with Gasteiger partial charge in [0.15, 0.2) is 12.2 Å². The van der Waals surface area contributed by atoms with Crippen LogP contribution in [0.15, 0.2) is 16.9 Å². The third-order valence-corrected chi connectivity index (χ3v) is 3.37. The van der Waals surface area contributed by atoms with Gasteiger partial charge in [-0.3, -0.25) is 0 Å². The van der Waals surface area contributed by atoms with E-state index in [0.717, 1.165) is 11.3 Å². The van der Waals surface area contributed by atoms with Gasteiger partial charge in [0.25, 0.3) is 0 Å². The Kier molecular flexibility index (Phi) is 3.31. The summed E-state index contributed by atoms with van der Waals surface area (Å²) in [5.41, 5.74) is 1.63. The molecule has 0 aliphatic heterocycles. The minimum atomic E-state index is 0.620. The summed E-state index contributed by atoms with van der Waals surface area (Å²) in [6.07, 6.45) is 1.41. The Bertz CT molecular complexity index is 466. The fourth-order valence-electron chi connectivity index (χ4n) is 1.28. The van der Waals surface area contributed by atoms with Gasteiger partial charge in [-0.1, -0.05) is 23.2 Å². The molecule has 0 aromatic carbocycles. The Labute approximate surface area is 101 Å². The molecule has 2 rings (SSSR count). The fourth-order valence-corrected chi connectivity index (χ4v) is 2.74. The van der Waals surface area contributed by atoms with Crippen molar-refractivity contribution in [2.24, 2.45) is 0 Å². The monoisotopic (exact) mass is 262 g/mol. The predicted octanol–water partition coefficient (Wildman–Crippen LogP) is 3.43. The highest BCUT2D eigenvalue weighted by Gasteiger charge is 2.16. The van der Waals surface area contributed by atoms with Gasteiger partial charge in [0.1, 0.15) is 10.0 Å². The van der Waals surface area contributed by atoms with Crippen molar-refractivity contribution >= 4 is 34.5 Å². The van der Waals surface area contributed by atoms with Crippen molar-refractivity contribution < 1.29 is 4.42 Å². The van der Waals surface area contributed by atoms with E-state index in [9.17, 15) is 0 Å². The van der Waals surface area contributed by atoms with Crippen LogP contribution in [0, 0.1) is 0 Å². The van der Waals surface area contributed by atoms with Crippen LogP contribution in [0.4, 0.5) is 0 Å². The van der Waals surface area contributed by atoms with Crippen LogP contribution in [0.2, 0.25) is 8.67 Å². The Morgan fingerprint density at radius 1 is 1.53 bits per heavy atom. The van der Waals surface area contributed by atoms with Crippen LogP contribution in [0.5, 0.6) is 0 Å². The Morgan fingerprint density at radius 3 is 2.93 bits per heavy atom. The molecule has 0 saturated heterocycles. The Hall–Kier alpha value is -0.550. The molecular formula is C9H8Cl2N2OS. The molecule has 1 N–H and O–H groups in total. The Balaban J connectivity index is 2.44. The van der Waals surface area contributed by atoms with E-state index in [-0.39, 0.29) is 0 Å². The first-order valence-electron chi connectivity index (χ1n) is 4.24. The minimum absolute atomic E-state index is 0.620. The summed E-state index contributed by atoms with van der Waals surface area (Å²) >= 11 is 13.2. The van der Waals surface area contributed by atoms with Crippen molar-refractivity contribution in [2.75, 3.05) is 7.05 Å². The topological polar surface area (TPSA) is 38.1 Å². The highest BCUT2D eigenvalue weighted by atomic mass is 35.5. The third kappa shape index (κ3) is 2.18. The van der Waals surface area contributed by atoms with Crippen LogP contribution in [0.25, 0.3) is 11.3 Å². The van der Waals surface area contributed by atoms with E-state index in [0.29, 0.717) is 21.0 Å². The molecule has 3 nitrogen and oxygen atoms in total. The standard InChI is InChI=1S/C9H8Cl2N2OS/c1-12-3-6-8(14-4-13-6)5-2-7(10)15-9(5)11/h2,4,12H,3H2,1H3. The maximum atomic E-state index is 6.03. The summed E-state index contributed by atoms with van der Waals surface area (Å²) in [4.78, 5) is 4.11. The lowest BCUT2D eigenvalue weighted by Gasteiger charge is -1.98. The quantitative estimate of drug-likeness (QED) is 0.921. The van der Waals surface area contributed by atoms with Crippen LogP contribution in [0.3, 0.4) is 0 Å². The van der Waals surface area contributed by atoms with Crippen molar-refractivity contribution in [3.63, 3.8) is 0 Å². The summed E-state index contributed by atoms with van der Waals surface area (Å²) in [7, 11) is 1.85. The van der Waals surface area contributed by atoms with Crippen molar-refractivity contribution in [3.05, 3.63) is 26.8 Å². The van der Waals surface area contributed by atoms with Crippen molar-refractivity contribution in [2.45, 2.75) is 6.54 Å². The second kappa shape index (κ2) is 4.53. The number of oxazole rings is 1. The third-order valence-electron chi connectivity index (χ3n) is 1.89. The van der Waals surface area contributed by atoms with E-state index in [1.807, 2.05) is 7.05 Å². The van der Waals surface area contributed by atoms with E-state index < -0.39 is 0 Å². The molecule has 2 heterocycles. The summed E-state index contributed by atoms with van der Waals surface area (Å²) < 4.78 is 6.57. The molecular weight excluding hydrogens is 255 g/mol. The van der Waals surface area contributed by atoms with Gasteiger partial charge >= 0.3 is 0 Å². The molecule has 0 bridgehead atoms. The molecule has 0 spiro atoms. The second-order valence-corrected chi connectivity index (χ2v) is 5.18. The zero-order valence-electron chi connectivity index (χ0n) is 7.88. The fraction of sp³-hybridized carbons (Fsp3) is 0.222. The van der Waals surface area contributed by atoms with E-state index in [1.165, 1.54) is 17.7 Å². The van der Waals surface area contributed by atoms with Crippen molar-refractivity contribution in [3.8, 4) is 11.3 Å². The predicted molar refractivity (Wildman–Crippen MR) is 62.6 cm³/mol. The molecule has 0 unspecified atom stereocenters. The highest BCUT2D eigenvalue weighted by molar-refractivity contribution is 7.20. The first-order valence-corrected chi connectivity index (χ1v) is 5.81. The van der Waals surface area contributed by atoms with Gasteiger partial charge in [0, 0.05) is 6.54 Å². The number of halogens is 2. The van der Waals surface area contributed by atoms with Crippen molar-refractivity contribution in [1.29, 1.82) is 0 Å². The molecule has 0 amide bonds. The zero-order valence-corrected chi connectivity index (χ0v) is 10.2. The summed E-state index contributed by atoms with van der Waals surface area (Å²) in [6.45, 7) is 0.635. The van der Waals surface area contributed by atoms with Gasteiger partial charge in [0.05, 0.1) is 9.90 Å². The summed E-state index contributed by atoms with van der Waals surface area (Å²) in [5, 5.41) is 3.01. The molecule has 15 heavy (non-hydrogen) atoms. The molecule has 0 aliphatic carbocycles. The maximum absolute atomic E-state index is 6.03. The average molecular weight is 263 g/mol. The smallest absolute Gasteiger partial charge is 0.181 e. The highest BCUT2D eigenvalue weighted by Crippen LogP contribution is 2.39. The summed E-state index contributed by atoms with van der Waals surface area (Å²) in [6, 6.07) is 1.79. The molecule has 2 aromatic heterocycles. The molecule has 0 saturated carbocycles. The average Bonchev–Trinajstić information content (AvgIpc) is 2.73. The van der Waals surface area contributed by atoms with Crippen LogP contribution in [0.1, 0.15) is 5.69 Å². The molecule has 80 valence electrons. The number of nitrogens with one attached hydrogen (secondary N) is 1. The normalized spacial score (nSPS) is 10.9. The molecule has 0 radical (unpaired) electrons. The van der Waals surface area contributed by atoms with Crippen molar-refractivity contribution in [1.82, 2.24) is 10.3 Å². The number of nitrogens with zero attached hydrogens (tertiary/aromatic N) is 1. The van der Waals surface area contributed by atoms with Gasteiger partial charge in [-0.25, -0.2) is 4.98 Å². The van der Waals surface area contributed by atoms with Gasteiger partial charge < -0.3 is 9.73 Å². The molecule has 0 aliphatic rings. The van der Waals surface area contributed by atoms with Crippen LogP contribution < -0.4 is 5.32 Å². The van der Waals surface area contributed by atoms with Crippen LogP contribution >= 0.6 is 34.5 Å². The molecule has 2 aromatic rings. The molecule has 0 fully saturated rings. The van der Waals surface area contributed by atoms with Gasteiger partial charge in [-0.2, -0.15) is 0 Å². The summed E-state index contributed by atoms with van der Waals surface area (Å²) in [5.74, 6) is 0.678. The number of thiophene rings is 1. The van der Waals surface area contributed by atoms with Crippen LogP contribution in [-0.4, -0.2) is 12.0 Å². The van der Waals surface area contributed by atoms with Gasteiger partial charge in [-0.05, 0) is 13.1 Å². The SMILES string of the molecule is CNCc1ncoc1-c1cc(Cl)sc1Cl. The minimum Gasteiger partial charge on any atom is -0.443 e. The number of hydrogen-bond donors (Lipinski definition) is 1. The first-order chi connectivity index (χ1) is 7.22. The zero-order chi connectivity index (χ0) is 10.8. The lowest BCUT2D eigenvalue weighted by molar-refractivity contribution is 0.570. The lowest BCUT2D eigenvalue weighted by atomic mass is 10.2. The van der Waals surface area contributed by atoms with E-state index in [2.05, 4.69) is 10.3 Å². The van der Waals surface area contributed by atoms with Crippen LogP contribution in [-0.2, 0) is 6.54 Å². The Morgan fingerprint density at radius 2 is 2.33 bits per heavy atom. The van der Waals surface area contributed by atoms with E-state index >= 15 is 0 Å². The molecule has 6 heteroatoms. The largest absolute Gasteiger partial charge is 0.443 e. The van der Waals surface area contributed by atoms with Gasteiger partial charge in [-0.15, -0.1) is 11.3 Å². The number of aromatic nitrogens is 1. The number of rotatable bonds is 3. The van der Waals surface area contributed by atoms with E-state index in [4.69, 9.17) is 27.6 Å².